The summed E-state index contributed by atoms with van der Waals surface area (Å²) < 4.78 is 32.0. The Morgan fingerprint density at radius 1 is 1.12 bits per heavy atom. The summed E-state index contributed by atoms with van der Waals surface area (Å²) in [5.41, 5.74) is 2.23. The molecule has 0 saturated carbocycles. The van der Waals surface area contributed by atoms with Gasteiger partial charge >= 0.3 is 5.97 Å². The third-order valence-electron chi connectivity index (χ3n) is 4.31. The molecule has 1 fully saturated rings. The number of carboxylic acids is 1. The minimum absolute atomic E-state index is 0.0751. The number of carbonyl (C=O) groups is 1. The molecule has 0 spiro atoms. The van der Waals surface area contributed by atoms with Crippen LogP contribution in [0.3, 0.4) is 0 Å². The van der Waals surface area contributed by atoms with Crippen LogP contribution in [-0.2, 0) is 10.0 Å². The fraction of sp³-hybridized carbons (Fsp3) is 0.353. The summed E-state index contributed by atoms with van der Waals surface area (Å²) in [7, 11) is -3.77. The Kier molecular flexibility index (Phi) is 4.57. The molecule has 25 heavy (non-hydrogen) atoms. The second-order valence-electron chi connectivity index (χ2n) is 6.07. The standard InChI is InChI=1S/C17H20N2O5S/c1-12-4-3-5-14(10-12)18-6-8-19(9-7-18)25(22,23)16-11-15(17(20)21)24-13(16)2/h3-5,10-11H,6-9H2,1-2H3,(H,20,21). The number of anilines is 1. The summed E-state index contributed by atoms with van der Waals surface area (Å²) in [4.78, 5) is 13.1. The van der Waals surface area contributed by atoms with Crippen molar-refractivity contribution >= 4 is 21.7 Å². The lowest BCUT2D eigenvalue weighted by molar-refractivity contribution is 0.0661. The SMILES string of the molecule is Cc1cccc(N2CCN(S(=O)(=O)c3cc(C(=O)O)oc3C)CC2)c1. The van der Waals surface area contributed by atoms with Crippen molar-refractivity contribution in [3.63, 3.8) is 0 Å². The average molecular weight is 364 g/mol. The summed E-state index contributed by atoms with van der Waals surface area (Å²) in [6, 6.07) is 9.17. The van der Waals surface area contributed by atoms with Gasteiger partial charge in [-0.15, -0.1) is 0 Å². The van der Waals surface area contributed by atoms with Crippen LogP contribution < -0.4 is 4.90 Å². The maximum absolute atomic E-state index is 12.8. The van der Waals surface area contributed by atoms with E-state index < -0.39 is 16.0 Å². The number of piperazine rings is 1. The lowest BCUT2D eigenvalue weighted by Gasteiger charge is -2.35. The van der Waals surface area contributed by atoms with E-state index >= 15 is 0 Å². The number of rotatable bonds is 4. The van der Waals surface area contributed by atoms with Crippen LogP contribution in [0.15, 0.2) is 39.6 Å². The van der Waals surface area contributed by atoms with Gasteiger partial charge in [0.2, 0.25) is 15.8 Å². The molecular formula is C17H20N2O5S. The molecule has 8 heteroatoms. The zero-order valence-electron chi connectivity index (χ0n) is 14.1. The fourth-order valence-corrected chi connectivity index (χ4v) is 4.56. The summed E-state index contributed by atoms with van der Waals surface area (Å²) in [5.74, 6) is -1.55. The van der Waals surface area contributed by atoms with Crippen molar-refractivity contribution in [2.75, 3.05) is 31.1 Å². The van der Waals surface area contributed by atoms with Crippen LogP contribution >= 0.6 is 0 Å². The average Bonchev–Trinajstić information content (AvgIpc) is 2.98. The Bertz CT molecular complexity index is 896. The van der Waals surface area contributed by atoms with Crippen LogP contribution in [0.2, 0.25) is 0 Å². The zero-order valence-corrected chi connectivity index (χ0v) is 14.9. The molecule has 7 nitrogen and oxygen atoms in total. The van der Waals surface area contributed by atoms with Crippen LogP contribution in [0.5, 0.6) is 0 Å². The fourth-order valence-electron chi connectivity index (χ4n) is 2.98. The second-order valence-corrected chi connectivity index (χ2v) is 7.97. The number of nitrogens with zero attached hydrogens (tertiary/aromatic N) is 2. The highest BCUT2D eigenvalue weighted by atomic mass is 32.2. The van der Waals surface area contributed by atoms with Gasteiger partial charge in [0.05, 0.1) is 0 Å². The van der Waals surface area contributed by atoms with E-state index in [0.717, 1.165) is 17.3 Å². The molecule has 0 amide bonds. The second kappa shape index (κ2) is 6.53. The van der Waals surface area contributed by atoms with E-state index in [4.69, 9.17) is 9.52 Å². The van der Waals surface area contributed by atoms with Crippen molar-refractivity contribution in [1.29, 1.82) is 0 Å². The smallest absolute Gasteiger partial charge is 0.371 e. The van der Waals surface area contributed by atoms with E-state index in [-0.39, 0.29) is 16.4 Å². The lowest BCUT2D eigenvalue weighted by Crippen LogP contribution is -2.48. The predicted molar refractivity (Wildman–Crippen MR) is 92.6 cm³/mol. The number of sulfonamides is 1. The highest BCUT2D eigenvalue weighted by Crippen LogP contribution is 2.26. The molecule has 0 radical (unpaired) electrons. The van der Waals surface area contributed by atoms with Gasteiger partial charge in [-0.1, -0.05) is 12.1 Å². The van der Waals surface area contributed by atoms with Crippen LogP contribution in [0.1, 0.15) is 21.9 Å². The molecule has 1 N–H and O–H groups in total. The van der Waals surface area contributed by atoms with E-state index in [1.54, 1.807) is 0 Å². The molecular weight excluding hydrogens is 344 g/mol. The first-order chi connectivity index (χ1) is 11.8. The summed E-state index contributed by atoms with van der Waals surface area (Å²) in [5, 5.41) is 8.97. The molecule has 1 aromatic carbocycles. The predicted octanol–water partition coefficient (Wildman–Crippen LogP) is 2.11. The van der Waals surface area contributed by atoms with Gasteiger partial charge in [0.25, 0.3) is 0 Å². The van der Waals surface area contributed by atoms with Gasteiger partial charge in [0.15, 0.2) is 0 Å². The van der Waals surface area contributed by atoms with Crippen LogP contribution in [0.25, 0.3) is 0 Å². The van der Waals surface area contributed by atoms with Gasteiger partial charge in [0, 0.05) is 37.9 Å². The van der Waals surface area contributed by atoms with E-state index in [2.05, 4.69) is 11.0 Å². The Hall–Kier alpha value is -2.32. The number of benzene rings is 1. The first-order valence-corrected chi connectivity index (χ1v) is 9.38. The molecule has 0 bridgehead atoms. The topological polar surface area (TPSA) is 91.1 Å². The summed E-state index contributed by atoms with van der Waals surface area (Å²) in [6.07, 6.45) is 0. The van der Waals surface area contributed by atoms with Crippen LogP contribution in [0.4, 0.5) is 5.69 Å². The monoisotopic (exact) mass is 364 g/mol. The van der Waals surface area contributed by atoms with E-state index in [1.807, 2.05) is 25.1 Å². The number of aromatic carboxylic acids is 1. The minimum atomic E-state index is -3.77. The molecule has 3 rings (SSSR count). The quantitative estimate of drug-likeness (QED) is 0.893. The highest BCUT2D eigenvalue weighted by Gasteiger charge is 2.32. The molecule has 1 aromatic heterocycles. The van der Waals surface area contributed by atoms with Crippen molar-refractivity contribution in [3.05, 3.63) is 47.4 Å². The summed E-state index contributed by atoms with van der Waals surface area (Å²) >= 11 is 0. The molecule has 2 heterocycles. The lowest BCUT2D eigenvalue weighted by atomic mass is 10.2. The molecule has 0 unspecified atom stereocenters. The van der Waals surface area contributed by atoms with Gasteiger partial charge in [-0.2, -0.15) is 4.31 Å². The van der Waals surface area contributed by atoms with Gasteiger partial charge < -0.3 is 14.4 Å². The number of hydrogen-bond acceptors (Lipinski definition) is 5. The van der Waals surface area contributed by atoms with Crippen molar-refractivity contribution in [1.82, 2.24) is 4.31 Å². The van der Waals surface area contributed by atoms with Gasteiger partial charge in [-0.05, 0) is 31.5 Å². The third-order valence-corrected chi connectivity index (χ3v) is 6.31. The Morgan fingerprint density at radius 2 is 1.80 bits per heavy atom. The number of furan rings is 1. The van der Waals surface area contributed by atoms with E-state index in [9.17, 15) is 13.2 Å². The van der Waals surface area contributed by atoms with E-state index in [0.29, 0.717) is 26.2 Å². The molecule has 0 atom stereocenters. The molecule has 0 aliphatic carbocycles. The maximum Gasteiger partial charge on any atom is 0.371 e. The Balaban J connectivity index is 1.77. The van der Waals surface area contributed by atoms with E-state index in [1.165, 1.54) is 11.2 Å². The van der Waals surface area contributed by atoms with Crippen molar-refractivity contribution in [2.45, 2.75) is 18.7 Å². The van der Waals surface area contributed by atoms with Crippen molar-refractivity contribution in [2.24, 2.45) is 0 Å². The number of hydrogen-bond donors (Lipinski definition) is 1. The van der Waals surface area contributed by atoms with Gasteiger partial charge in [-0.25, -0.2) is 13.2 Å². The number of aryl methyl sites for hydroxylation is 2. The van der Waals surface area contributed by atoms with Gasteiger partial charge in [-0.3, -0.25) is 0 Å². The molecule has 1 aliphatic heterocycles. The Labute approximate surface area is 146 Å². The maximum atomic E-state index is 12.8. The third kappa shape index (κ3) is 3.40. The largest absolute Gasteiger partial charge is 0.475 e. The van der Waals surface area contributed by atoms with Crippen LogP contribution in [-0.4, -0.2) is 50.0 Å². The van der Waals surface area contributed by atoms with Crippen LogP contribution in [0, 0.1) is 13.8 Å². The zero-order chi connectivity index (χ0) is 18.2. The highest BCUT2D eigenvalue weighted by molar-refractivity contribution is 7.89. The first kappa shape index (κ1) is 17.5. The van der Waals surface area contributed by atoms with Gasteiger partial charge in [0.1, 0.15) is 10.7 Å². The molecule has 1 saturated heterocycles. The molecule has 2 aromatic rings. The summed E-state index contributed by atoms with van der Waals surface area (Å²) in [6.45, 7) is 5.30. The molecule has 1 aliphatic rings. The number of carboxylic acid groups (broad SMARTS) is 1. The van der Waals surface area contributed by atoms with Crippen molar-refractivity contribution < 1.29 is 22.7 Å². The Morgan fingerprint density at radius 3 is 2.36 bits per heavy atom. The first-order valence-electron chi connectivity index (χ1n) is 7.94. The molecule has 134 valence electrons. The minimum Gasteiger partial charge on any atom is -0.475 e. The van der Waals surface area contributed by atoms with Crippen molar-refractivity contribution in [3.8, 4) is 0 Å². The normalized spacial score (nSPS) is 16.2.